The van der Waals surface area contributed by atoms with Crippen molar-refractivity contribution in [1.82, 2.24) is 15.2 Å². The Balaban J connectivity index is 1.34. The van der Waals surface area contributed by atoms with Crippen LogP contribution in [0.5, 0.6) is 0 Å². The first-order valence-corrected chi connectivity index (χ1v) is 10.2. The molecule has 2 aliphatic rings. The minimum Gasteiger partial charge on any atom is -0.379 e. The zero-order valence-electron chi connectivity index (χ0n) is 15.4. The van der Waals surface area contributed by atoms with Gasteiger partial charge in [0.2, 0.25) is 11.8 Å². The van der Waals surface area contributed by atoms with Crippen LogP contribution in [-0.2, 0) is 14.3 Å². The molecule has 27 heavy (non-hydrogen) atoms. The summed E-state index contributed by atoms with van der Waals surface area (Å²) < 4.78 is 6.44. The fourth-order valence-corrected chi connectivity index (χ4v) is 4.45. The monoisotopic (exact) mass is 388 g/mol. The predicted octanol–water partition coefficient (Wildman–Crippen LogP) is 1.41. The Labute approximate surface area is 162 Å². The van der Waals surface area contributed by atoms with E-state index in [4.69, 9.17) is 4.74 Å². The highest BCUT2D eigenvalue weighted by molar-refractivity contribution is 7.18. The number of hydrogen-bond acceptors (Lipinski definition) is 6. The predicted molar refractivity (Wildman–Crippen MR) is 105 cm³/mol. The Hall–Kier alpha value is -2.03. The zero-order valence-corrected chi connectivity index (χ0v) is 16.3. The summed E-state index contributed by atoms with van der Waals surface area (Å²) in [6.07, 6.45) is 0.261. The molecule has 0 aliphatic carbocycles. The molecule has 0 bridgehead atoms. The lowest BCUT2D eigenvalue weighted by Crippen LogP contribution is -2.42. The van der Waals surface area contributed by atoms with Gasteiger partial charge in [0.1, 0.15) is 0 Å². The summed E-state index contributed by atoms with van der Waals surface area (Å²) in [4.78, 5) is 33.4. The van der Waals surface area contributed by atoms with Gasteiger partial charge in [-0.1, -0.05) is 0 Å². The Morgan fingerprint density at radius 2 is 2.19 bits per heavy atom. The third-order valence-corrected chi connectivity index (χ3v) is 6.07. The number of aromatic nitrogens is 1. The second kappa shape index (κ2) is 7.92. The zero-order chi connectivity index (χ0) is 18.8. The standard InChI is InChI=1S/C19H24N4O3S/c1-13-21-16-11-15(2-3-17(16)27-13)23-12-14(10-18(23)24)19(25)20-4-5-22-6-8-26-9-7-22/h2-3,11,14H,4-10,12H2,1H3,(H,20,25). The number of rotatable bonds is 5. The number of nitrogens with one attached hydrogen (secondary N) is 1. The highest BCUT2D eigenvalue weighted by Crippen LogP contribution is 2.30. The van der Waals surface area contributed by atoms with Crippen molar-refractivity contribution in [2.75, 3.05) is 50.8 Å². The summed E-state index contributed by atoms with van der Waals surface area (Å²) in [6, 6.07) is 5.88. The average Bonchev–Trinajstić information content (AvgIpc) is 3.23. The number of ether oxygens (including phenoxy) is 1. The van der Waals surface area contributed by atoms with Crippen LogP contribution >= 0.6 is 11.3 Å². The first kappa shape index (κ1) is 18.3. The van der Waals surface area contributed by atoms with Crippen LogP contribution in [0.3, 0.4) is 0 Å². The van der Waals surface area contributed by atoms with Gasteiger partial charge >= 0.3 is 0 Å². The molecule has 8 heteroatoms. The maximum absolute atomic E-state index is 12.5. The van der Waals surface area contributed by atoms with E-state index in [2.05, 4.69) is 15.2 Å². The van der Waals surface area contributed by atoms with Crippen LogP contribution in [0.1, 0.15) is 11.4 Å². The molecule has 144 valence electrons. The summed E-state index contributed by atoms with van der Waals surface area (Å²) in [5.41, 5.74) is 1.72. The van der Waals surface area contributed by atoms with Crippen LogP contribution < -0.4 is 10.2 Å². The first-order valence-electron chi connectivity index (χ1n) is 9.35. The van der Waals surface area contributed by atoms with Crippen molar-refractivity contribution in [2.45, 2.75) is 13.3 Å². The minimum atomic E-state index is -0.296. The van der Waals surface area contributed by atoms with E-state index in [9.17, 15) is 9.59 Å². The van der Waals surface area contributed by atoms with Crippen molar-refractivity contribution in [3.8, 4) is 0 Å². The smallest absolute Gasteiger partial charge is 0.227 e. The van der Waals surface area contributed by atoms with Crippen LogP contribution in [0.15, 0.2) is 18.2 Å². The van der Waals surface area contributed by atoms with Gasteiger partial charge < -0.3 is 15.0 Å². The third kappa shape index (κ3) is 4.12. The first-order chi connectivity index (χ1) is 13.1. The van der Waals surface area contributed by atoms with Crippen LogP contribution in [0, 0.1) is 12.8 Å². The quantitative estimate of drug-likeness (QED) is 0.838. The molecule has 1 unspecified atom stereocenters. The van der Waals surface area contributed by atoms with Gasteiger partial charge in [-0.05, 0) is 25.1 Å². The van der Waals surface area contributed by atoms with Crippen molar-refractivity contribution >= 4 is 39.1 Å². The molecule has 7 nitrogen and oxygen atoms in total. The molecular weight excluding hydrogens is 364 g/mol. The summed E-state index contributed by atoms with van der Waals surface area (Å²) in [7, 11) is 0. The number of fused-ring (bicyclic) bond motifs is 1. The van der Waals surface area contributed by atoms with Gasteiger partial charge in [0.05, 0.1) is 34.4 Å². The molecule has 0 radical (unpaired) electrons. The lowest BCUT2D eigenvalue weighted by atomic mass is 10.1. The summed E-state index contributed by atoms with van der Waals surface area (Å²) >= 11 is 1.64. The van der Waals surface area contributed by atoms with E-state index in [-0.39, 0.29) is 24.2 Å². The Morgan fingerprint density at radius 3 is 3.00 bits per heavy atom. The maximum atomic E-state index is 12.5. The molecule has 1 atom stereocenters. The molecule has 2 aromatic rings. The molecule has 1 N–H and O–H groups in total. The van der Waals surface area contributed by atoms with Gasteiger partial charge in [0, 0.05) is 44.8 Å². The Morgan fingerprint density at radius 1 is 1.37 bits per heavy atom. The lowest BCUT2D eigenvalue weighted by molar-refractivity contribution is -0.126. The Bertz CT molecular complexity index is 847. The third-order valence-electron chi connectivity index (χ3n) is 5.12. The van der Waals surface area contributed by atoms with E-state index < -0.39 is 0 Å². The van der Waals surface area contributed by atoms with Crippen LogP contribution in [0.25, 0.3) is 10.2 Å². The van der Waals surface area contributed by atoms with Gasteiger partial charge in [-0.15, -0.1) is 11.3 Å². The number of anilines is 1. The van der Waals surface area contributed by atoms with E-state index in [1.54, 1.807) is 16.2 Å². The number of amides is 2. The SMILES string of the molecule is Cc1nc2cc(N3CC(C(=O)NCCN4CCOCC4)CC3=O)ccc2s1. The number of hydrogen-bond donors (Lipinski definition) is 1. The summed E-state index contributed by atoms with van der Waals surface area (Å²) in [5, 5.41) is 3.99. The van der Waals surface area contributed by atoms with Crippen molar-refractivity contribution in [3.63, 3.8) is 0 Å². The molecule has 2 saturated heterocycles. The highest BCUT2D eigenvalue weighted by Gasteiger charge is 2.35. The number of thiazole rings is 1. The fourth-order valence-electron chi connectivity index (χ4n) is 3.64. The minimum absolute atomic E-state index is 0.00497. The highest BCUT2D eigenvalue weighted by atomic mass is 32.1. The molecule has 0 spiro atoms. The van der Waals surface area contributed by atoms with Gasteiger partial charge in [-0.2, -0.15) is 0 Å². The van der Waals surface area contributed by atoms with Crippen LogP contribution in [-0.4, -0.2) is 67.6 Å². The number of nitrogens with zero attached hydrogens (tertiary/aromatic N) is 3. The molecule has 2 fully saturated rings. The second-order valence-electron chi connectivity index (χ2n) is 7.04. The van der Waals surface area contributed by atoms with E-state index in [1.807, 2.05) is 25.1 Å². The number of benzene rings is 1. The topological polar surface area (TPSA) is 74.8 Å². The number of carbonyl (C=O) groups is 2. The van der Waals surface area contributed by atoms with E-state index >= 15 is 0 Å². The normalized spacial score (nSPS) is 21.1. The lowest BCUT2D eigenvalue weighted by Gasteiger charge is -2.26. The van der Waals surface area contributed by atoms with Crippen molar-refractivity contribution in [2.24, 2.45) is 5.92 Å². The molecule has 2 amide bonds. The molecule has 4 rings (SSSR count). The average molecular weight is 388 g/mol. The number of carbonyl (C=O) groups excluding carboxylic acids is 2. The molecule has 3 heterocycles. The van der Waals surface area contributed by atoms with Gasteiger partial charge in [0.15, 0.2) is 0 Å². The Kier molecular flexibility index (Phi) is 5.38. The fraction of sp³-hybridized carbons (Fsp3) is 0.526. The summed E-state index contributed by atoms with van der Waals surface area (Å²) in [6.45, 7) is 7.15. The van der Waals surface area contributed by atoms with E-state index in [0.29, 0.717) is 13.1 Å². The van der Waals surface area contributed by atoms with Crippen molar-refractivity contribution < 1.29 is 14.3 Å². The molecule has 0 saturated carbocycles. The van der Waals surface area contributed by atoms with Crippen LogP contribution in [0.2, 0.25) is 0 Å². The van der Waals surface area contributed by atoms with Crippen molar-refractivity contribution in [1.29, 1.82) is 0 Å². The van der Waals surface area contributed by atoms with Gasteiger partial charge in [-0.3, -0.25) is 14.5 Å². The number of aryl methyl sites for hydroxylation is 1. The molecular formula is C19H24N4O3S. The van der Waals surface area contributed by atoms with Crippen molar-refractivity contribution in [3.05, 3.63) is 23.2 Å². The number of morpholine rings is 1. The second-order valence-corrected chi connectivity index (χ2v) is 8.27. The van der Waals surface area contributed by atoms with Gasteiger partial charge in [-0.25, -0.2) is 4.98 Å². The van der Waals surface area contributed by atoms with E-state index in [1.165, 1.54) is 0 Å². The molecule has 1 aromatic heterocycles. The van der Waals surface area contributed by atoms with Crippen LogP contribution in [0.4, 0.5) is 5.69 Å². The van der Waals surface area contributed by atoms with E-state index in [0.717, 1.165) is 53.8 Å². The van der Waals surface area contributed by atoms with Gasteiger partial charge in [0.25, 0.3) is 0 Å². The molecule has 1 aromatic carbocycles. The largest absolute Gasteiger partial charge is 0.379 e. The maximum Gasteiger partial charge on any atom is 0.227 e. The molecule has 2 aliphatic heterocycles. The summed E-state index contributed by atoms with van der Waals surface area (Å²) in [5.74, 6) is -0.339.